The van der Waals surface area contributed by atoms with Crippen LogP contribution in [0, 0.1) is 5.92 Å². The average molecular weight is 458 g/mol. The molecule has 0 aliphatic carbocycles. The lowest BCUT2D eigenvalue weighted by molar-refractivity contribution is -0.148. The number of thiophene rings is 1. The van der Waals surface area contributed by atoms with Gasteiger partial charge in [0.05, 0.1) is 24.2 Å². The van der Waals surface area contributed by atoms with Crippen molar-refractivity contribution in [2.75, 3.05) is 26.0 Å². The van der Waals surface area contributed by atoms with Crippen LogP contribution in [0.15, 0.2) is 45.7 Å². The highest BCUT2D eigenvalue weighted by molar-refractivity contribution is 7.99. The summed E-state index contributed by atoms with van der Waals surface area (Å²) in [5, 5.41) is 3.09. The number of amides is 1. The SMILES string of the molecule is COC(=O)C1CCN(C(=O)CSc2nc3scc(-c4ccccc4)c3c(=O)n2C)CC1. The molecule has 1 aromatic carbocycles. The second-order valence-corrected chi connectivity index (χ2v) is 9.22. The normalized spacial score (nSPS) is 14.7. The highest BCUT2D eigenvalue weighted by Crippen LogP contribution is 2.32. The molecule has 7 nitrogen and oxygen atoms in total. The van der Waals surface area contributed by atoms with Crippen LogP contribution in [-0.2, 0) is 21.4 Å². The third kappa shape index (κ3) is 4.38. The summed E-state index contributed by atoms with van der Waals surface area (Å²) in [4.78, 5) is 44.5. The molecule has 0 radical (unpaired) electrons. The minimum atomic E-state index is -0.209. The molecule has 0 saturated carbocycles. The van der Waals surface area contributed by atoms with Crippen LogP contribution in [0.1, 0.15) is 12.8 Å². The van der Waals surface area contributed by atoms with Crippen molar-refractivity contribution < 1.29 is 14.3 Å². The number of thioether (sulfide) groups is 1. The molecule has 31 heavy (non-hydrogen) atoms. The Morgan fingerprint density at radius 1 is 1.23 bits per heavy atom. The maximum Gasteiger partial charge on any atom is 0.308 e. The Kier molecular flexibility index (Phi) is 6.43. The zero-order valence-corrected chi connectivity index (χ0v) is 19.0. The molecule has 0 N–H and O–H groups in total. The lowest BCUT2D eigenvalue weighted by Crippen LogP contribution is -2.41. The third-order valence-corrected chi connectivity index (χ3v) is 7.45. The second kappa shape index (κ2) is 9.23. The largest absolute Gasteiger partial charge is 0.469 e. The zero-order valence-electron chi connectivity index (χ0n) is 17.4. The first-order valence-electron chi connectivity index (χ1n) is 10.0. The van der Waals surface area contributed by atoms with Gasteiger partial charge in [-0.25, -0.2) is 4.98 Å². The number of nitrogens with zero attached hydrogens (tertiary/aromatic N) is 3. The first-order chi connectivity index (χ1) is 15.0. The van der Waals surface area contributed by atoms with Gasteiger partial charge in [-0.2, -0.15) is 0 Å². The summed E-state index contributed by atoms with van der Waals surface area (Å²) in [6, 6.07) is 9.79. The summed E-state index contributed by atoms with van der Waals surface area (Å²) in [7, 11) is 3.08. The summed E-state index contributed by atoms with van der Waals surface area (Å²) in [6.07, 6.45) is 1.23. The quantitative estimate of drug-likeness (QED) is 0.333. The van der Waals surface area contributed by atoms with Gasteiger partial charge in [0.1, 0.15) is 4.83 Å². The molecule has 1 fully saturated rings. The number of piperidine rings is 1. The van der Waals surface area contributed by atoms with Gasteiger partial charge in [-0.1, -0.05) is 42.1 Å². The number of rotatable bonds is 5. The van der Waals surface area contributed by atoms with Gasteiger partial charge < -0.3 is 9.64 Å². The number of carbonyl (C=O) groups excluding carboxylic acids is 2. The van der Waals surface area contributed by atoms with Crippen molar-refractivity contribution in [1.29, 1.82) is 0 Å². The Hall–Kier alpha value is -2.65. The molecular formula is C22H23N3O4S2. The van der Waals surface area contributed by atoms with Crippen molar-refractivity contribution >= 4 is 45.2 Å². The molecule has 0 bridgehead atoms. The monoisotopic (exact) mass is 457 g/mol. The fraction of sp³-hybridized carbons (Fsp3) is 0.364. The molecule has 3 aromatic rings. The van der Waals surface area contributed by atoms with Gasteiger partial charge in [0.2, 0.25) is 5.91 Å². The third-order valence-electron chi connectivity index (χ3n) is 5.57. The molecule has 1 saturated heterocycles. The molecule has 3 heterocycles. The van der Waals surface area contributed by atoms with E-state index in [0.29, 0.717) is 41.3 Å². The van der Waals surface area contributed by atoms with Crippen molar-refractivity contribution in [3.63, 3.8) is 0 Å². The molecule has 1 aliphatic heterocycles. The smallest absolute Gasteiger partial charge is 0.308 e. The van der Waals surface area contributed by atoms with E-state index >= 15 is 0 Å². The Morgan fingerprint density at radius 2 is 1.94 bits per heavy atom. The van der Waals surface area contributed by atoms with Gasteiger partial charge in [0.15, 0.2) is 5.16 Å². The summed E-state index contributed by atoms with van der Waals surface area (Å²) < 4.78 is 6.31. The highest BCUT2D eigenvalue weighted by Gasteiger charge is 2.28. The van der Waals surface area contributed by atoms with Crippen molar-refractivity contribution in [2.24, 2.45) is 13.0 Å². The van der Waals surface area contributed by atoms with E-state index in [-0.39, 0.29) is 29.1 Å². The van der Waals surface area contributed by atoms with Gasteiger partial charge in [-0.15, -0.1) is 11.3 Å². The number of carbonyl (C=O) groups is 2. The van der Waals surface area contributed by atoms with Crippen molar-refractivity contribution in [3.05, 3.63) is 46.1 Å². The van der Waals surface area contributed by atoms with Gasteiger partial charge >= 0.3 is 5.97 Å². The molecule has 9 heteroatoms. The number of likely N-dealkylation sites (tertiary alicyclic amines) is 1. The van der Waals surface area contributed by atoms with Crippen molar-refractivity contribution in [1.82, 2.24) is 14.5 Å². The molecule has 1 amide bonds. The minimum absolute atomic E-state index is 0.0150. The summed E-state index contributed by atoms with van der Waals surface area (Å²) in [5.41, 5.74) is 1.76. The Morgan fingerprint density at radius 3 is 2.61 bits per heavy atom. The number of hydrogen-bond acceptors (Lipinski definition) is 7. The predicted molar refractivity (Wildman–Crippen MR) is 122 cm³/mol. The standard InChI is InChI=1S/C22H23N3O4S2/c1-24-20(27)18-16(14-6-4-3-5-7-14)12-30-19(18)23-22(24)31-13-17(26)25-10-8-15(9-11-25)21(28)29-2/h3-7,12,15H,8-11,13H2,1-2H3. The zero-order chi connectivity index (χ0) is 22.0. The Labute approximate surface area is 188 Å². The van der Waals surface area contributed by atoms with Gasteiger partial charge in [0.25, 0.3) is 5.56 Å². The Balaban J connectivity index is 1.47. The molecule has 1 aliphatic rings. The van der Waals surface area contributed by atoms with Gasteiger partial charge in [-0.3, -0.25) is 19.0 Å². The molecule has 4 rings (SSSR count). The minimum Gasteiger partial charge on any atom is -0.469 e. The van der Waals surface area contributed by atoms with E-state index in [9.17, 15) is 14.4 Å². The van der Waals surface area contributed by atoms with Crippen molar-refractivity contribution in [3.8, 4) is 11.1 Å². The van der Waals surface area contributed by atoms with Crippen LogP contribution < -0.4 is 5.56 Å². The van der Waals surface area contributed by atoms with Crippen LogP contribution in [-0.4, -0.2) is 52.3 Å². The lowest BCUT2D eigenvalue weighted by Gasteiger charge is -2.30. The van der Waals surface area contributed by atoms with Crippen LogP contribution in [0.5, 0.6) is 0 Å². The van der Waals surface area contributed by atoms with E-state index < -0.39 is 0 Å². The number of benzene rings is 1. The first kappa shape index (κ1) is 21.6. The van der Waals surface area contributed by atoms with Gasteiger partial charge in [-0.05, 0) is 18.4 Å². The number of aromatic nitrogens is 2. The summed E-state index contributed by atoms with van der Waals surface area (Å²) >= 11 is 2.71. The average Bonchev–Trinajstić information content (AvgIpc) is 3.24. The van der Waals surface area contributed by atoms with Crippen LogP contribution in [0.4, 0.5) is 0 Å². The summed E-state index contributed by atoms with van der Waals surface area (Å²) in [5.74, 6) is -0.158. The molecule has 2 aromatic heterocycles. The maximum atomic E-state index is 13.1. The molecule has 0 atom stereocenters. The van der Waals surface area contributed by atoms with Crippen LogP contribution in [0.3, 0.4) is 0 Å². The topological polar surface area (TPSA) is 81.5 Å². The fourth-order valence-corrected chi connectivity index (χ4v) is 5.62. The van der Waals surface area contributed by atoms with E-state index in [1.54, 1.807) is 11.9 Å². The number of hydrogen-bond donors (Lipinski definition) is 0. The second-order valence-electron chi connectivity index (χ2n) is 7.42. The summed E-state index contributed by atoms with van der Waals surface area (Å²) in [6.45, 7) is 1.08. The van der Waals surface area contributed by atoms with Crippen LogP contribution in [0.2, 0.25) is 0 Å². The van der Waals surface area contributed by atoms with E-state index in [0.717, 1.165) is 11.1 Å². The van der Waals surface area contributed by atoms with E-state index in [2.05, 4.69) is 4.98 Å². The number of ether oxygens (including phenoxy) is 1. The number of esters is 1. The highest BCUT2D eigenvalue weighted by atomic mass is 32.2. The molecule has 162 valence electrons. The molecular weight excluding hydrogens is 434 g/mol. The van der Waals surface area contributed by atoms with Crippen molar-refractivity contribution in [2.45, 2.75) is 18.0 Å². The maximum absolute atomic E-state index is 13.1. The van der Waals surface area contributed by atoms with Gasteiger partial charge in [0, 0.05) is 31.1 Å². The molecule has 0 spiro atoms. The first-order valence-corrected chi connectivity index (χ1v) is 11.9. The van der Waals surface area contributed by atoms with E-state index in [1.807, 2.05) is 35.7 Å². The lowest BCUT2D eigenvalue weighted by atomic mass is 9.97. The fourth-order valence-electron chi connectivity index (χ4n) is 3.76. The number of methoxy groups -OCH3 is 1. The van der Waals surface area contributed by atoms with E-state index in [1.165, 1.54) is 34.8 Å². The molecule has 0 unspecified atom stereocenters. The number of fused-ring (bicyclic) bond motifs is 1. The van der Waals surface area contributed by atoms with Crippen LogP contribution in [0.25, 0.3) is 21.3 Å². The predicted octanol–water partition coefficient (Wildman–Crippen LogP) is 3.17. The Bertz CT molecular complexity index is 1160. The van der Waals surface area contributed by atoms with Crippen LogP contribution >= 0.6 is 23.1 Å². The van der Waals surface area contributed by atoms with E-state index in [4.69, 9.17) is 4.74 Å².